The molecule has 0 saturated carbocycles. The lowest BCUT2D eigenvalue weighted by atomic mass is 10.1. The van der Waals surface area contributed by atoms with Crippen LogP contribution in [0.25, 0.3) is 22.3 Å². The molecule has 0 amide bonds. The lowest BCUT2D eigenvalue weighted by Crippen LogP contribution is -2.34. The van der Waals surface area contributed by atoms with Gasteiger partial charge in [-0.15, -0.1) is 10.2 Å². The highest BCUT2D eigenvalue weighted by atomic mass is 32.5. The van der Waals surface area contributed by atoms with Crippen molar-refractivity contribution in [2.24, 2.45) is 0 Å². The number of phosphoric acid groups is 1. The Morgan fingerprint density at radius 2 is 1.64 bits per heavy atom. The minimum absolute atomic E-state index is 0.0315. The number of pyridine rings is 1. The predicted octanol–water partition coefficient (Wildman–Crippen LogP) is -0.876. The van der Waals surface area contributed by atoms with Crippen LogP contribution in [-0.4, -0.2) is 105 Å². The number of hydrogen-bond donors (Lipinski definition) is 5. The number of nitrogens with two attached hydrogens (primary N) is 2. The zero-order valence-corrected chi connectivity index (χ0v) is 24.7. The monoisotopic (exact) mass is 695 g/mol. The number of ether oxygens (including phenoxy) is 2. The second kappa shape index (κ2) is 11.0. The van der Waals surface area contributed by atoms with Gasteiger partial charge in [-0.25, -0.2) is 18.3 Å². The number of fused-ring (bicyclic) bond motifs is 5. The van der Waals surface area contributed by atoms with Crippen LogP contribution in [0, 0.1) is 0 Å². The number of nitrogens with zero attached hydrogens (tertiary/aromatic N) is 8. The van der Waals surface area contributed by atoms with E-state index in [0.717, 1.165) is 9.36 Å². The maximum Gasteiger partial charge on any atom is 0.472 e. The van der Waals surface area contributed by atoms with Crippen molar-refractivity contribution >= 4 is 60.3 Å². The van der Waals surface area contributed by atoms with Crippen molar-refractivity contribution in [1.29, 1.82) is 0 Å². The topological polar surface area (TPSA) is 285 Å². The summed E-state index contributed by atoms with van der Waals surface area (Å²) >= 11 is 5.10. The standard InChI is InChI=1S/C19H21F2N11O10P2S/c20-8-6-3-37-43(34,35)41-12-7(40-17(9(12)21)31-14-10(27-29-31)5(22)1-2-24-14)4-38-44(36,45)42-13(8)18(39-6)32-15-11(28-30-32)16(33)26-19(23)25-15/h1-2,6-9,12-13,17-18H,3-4H2,(H2,22,24)(H,34,35)(H,36,45)(H3,23,25,26,33)/t6-,7-,8+,9+,12-,13-,17-,18-,44?/m1/s1. The summed E-state index contributed by atoms with van der Waals surface area (Å²) in [7, 11) is -5.17. The van der Waals surface area contributed by atoms with Crippen molar-refractivity contribution < 1.29 is 50.7 Å². The summed E-state index contributed by atoms with van der Waals surface area (Å²) in [5, 5.41) is 15.2. The summed E-state index contributed by atoms with van der Waals surface area (Å²) in [5.41, 5.74) is 10.6. The second-order valence-electron chi connectivity index (χ2n) is 9.95. The van der Waals surface area contributed by atoms with Crippen molar-refractivity contribution in [3.8, 4) is 0 Å². The molecule has 3 fully saturated rings. The highest BCUT2D eigenvalue weighted by Gasteiger charge is 2.55. The Bertz CT molecular complexity index is 1950. The van der Waals surface area contributed by atoms with E-state index in [1.807, 2.05) is 0 Å². The number of rotatable bonds is 2. The molecule has 0 aromatic carbocycles. The van der Waals surface area contributed by atoms with Gasteiger partial charge in [0.15, 0.2) is 47.1 Å². The van der Waals surface area contributed by atoms with Gasteiger partial charge in [-0.1, -0.05) is 10.4 Å². The molecular weight excluding hydrogens is 674 g/mol. The number of anilines is 2. The zero-order chi connectivity index (χ0) is 31.8. The fourth-order valence-electron chi connectivity index (χ4n) is 5.06. The first-order chi connectivity index (χ1) is 21.3. The highest BCUT2D eigenvalue weighted by molar-refractivity contribution is 8.07. The first-order valence-corrected chi connectivity index (χ1v) is 16.9. The van der Waals surface area contributed by atoms with Gasteiger partial charge >= 0.3 is 14.5 Å². The van der Waals surface area contributed by atoms with Crippen molar-refractivity contribution in [2.75, 3.05) is 24.7 Å². The third-order valence-corrected chi connectivity index (χ3v) is 9.62. The molecule has 2 bridgehead atoms. The number of hydrogen-bond acceptors (Lipinski definition) is 17. The van der Waals surface area contributed by atoms with Crippen LogP contribution in [-0.2, 0) is 43.9 Å². The third kappa shape index (κ3) is 5.40. The van der Waals surface area contributed by atoms with Crippen LogP contribution in [0.2, 0.25) is 0 Å². The van der Waals surface area contributed by atoms with Gasteiger partial charge in [-0.05, 0) is 17.9 Å². The number of halogens is 2. The van der Waals surface area contributed by atoms with E-state index in [4.69, 9.17) is 50.8 Å². The predicted molar refractivity (Wildman–Crippen MR) is 146 cm³/mol. The summed E-state index contributed by atoms with van der Waals surface area (Å²) in [6.45, 7) is -6.16. The fraction of sp³-hybridized carbons (Fsp3) is 0.526. The molecule has 10 atom stereocenters. The fourth-order valence-corrected chi connectivity index (χ4v) is 7.42. The Kier molecular flexibility index (Phi) is 7.44. The van der Waals surface area contributed by atoms with Crippen molar-refractivity contribution in [1.82, 2.24) is 44.9 Å². The molecule has 4 aromatic rings. The number of nitrogens with one attached hydrogen (secondary N) is 1. The Hall–Kier alpha value is -3.15. The lowest BCUT2D eigenvalue weighted by molar-refractivity contribution is -0.0680. The molecule has 242 valence electrons. The number of aromatic nitrogens is 9. The Morgan fingerprint density at radius 3 is 2.42 bits per heavy atom. The number of nitrogen functional groups attached to an aromatic ring is 2. The largest absolute Gasteiger partial charge is 0.472 e. The smallest absolute Gasteiger partial charge is 0.397 e. The van der Waals surface area contributed by atoms with Gasteiger partial charge in [0, 0.05) is 6.20 Å². The maximum atomic E-state index is 15.9. The summed E-state index contributed by atoms with van der Waals surface area (Å²) in [5.74, 6) is -0.326. The van der Waals surface area contributed by atoms with Crippen LogP contribution in [0.1, 0.15) is 12.5 Å². The van der Waals surface area contributed by atoms with E-state index in [1.165, 1.54) is 12.3 Å². The van der Waals surface area contributed by atoms with Crippen LogP contribution in [0.5, 0.6) is 0 Å². The van der Waals surface area contributed by atoms with Gasteiger partial charge in [0.2, 0.25) is 5.95 Å². The number of phosphoric ester groups is 1. The normalized spacial score (nSPS) is 37.7. The van der Waals surface area contributed by atoms with Crippen LogP contribution in [0.3, 0.4) is 0 Å². The van der Waals surface area contributed by atoms with Gasteiger partial charge < -0.3 is 35.3 Å². The van der Waals surface area contributed by atoms with Gasteiger partial charge in [-0.2, -0.15) is 14.3 Å². The van der Waals surface area contributed by atoms with Crippen molar-refractivity contribution in [3.63, 3.8) is 0 Å². The molecule has 0 radical (unpaired) electrons. The zero-order valence-electron chi connectivity index (χ0n) is 22.1. The van der Waals surface area contributed by atoms with E-state index in [-0.39, 0.29) is 34.0 Å². The average Bonchev–Trinajstić information content (AvgIpc) is 3.72. The summed E-state index contributed by atoms with van der Waals surface area (Å²) in [6, 6.07) is 1.45. The summed E-state index contributed by atoms with van der Waals surface area (Å²) in [6.07, 6.45) is -13.2. The first kappa shape index (κ1) is 30.5. The third-order valence-electron chi connectivity index (χ3n) is 7.07. The van der Waals surface area contributed by atoms with Gasteiger partial charge in [0.05, 0.1) is 18.9 Å². The minimum atomic E-state index is -5.17. The molecule has 7 N–H and O–H groups in total. The average molecular weight is 695 g/mol. The van der Waals surface area contributed by atoms with E-state index in [2.05, 4.69) is 35.6 Å². The summed E-state index contributed by atoms with van der Waals surface area (Å²) < 4.78 is 78.8. The minimum Gasteiger partial charge on any atom is -0.397 e. The van der Waals surface area contributed by atoms with Crippen LogP contribution in [0.4, 0.5) is 20.4 Å². The molecule has 2 unspecified atom stereocenters. The number of H-pyrrole nitrogens is 1. The molecule has 3 aliphatic rings. The quantitative estimate of drug-likeness (QED) is 0.159. The molecule has 26 heteroatoms. The lowest BCUT2D eigenvalue weighted by Gasteiger charge is -2.26. The first-order valence-electron chi connectivity index (χ1n) is 12.8. The Morgan fingerprint density at radius 1 is 0.956 bits per heavy atom. The molecule has 45 heavy (non-hydrogen) atoms. The SMILES string of the molecule is Nc1nc2c(nnn2[C@@H]2O[C@@H]3COP(=O)(O)O[C@H]4[C@H](F)[C@H](n5nnc6c(N)ccnc65)O[C@@H]4COP(O)(=S)O[C@@H]2[C@H]3F)c(=O)[nH]1. The van der Waals surface area contributed by atoms with E-state index in [1.54, 1.807) is 0 Å². The van der Waals surface area contributed by atoms with Crippen LogP contribution >= 0.6 is 14.5 Å². The molecule has 3 aliphatic heterocycles. The van der Waals surface area contributed by atoms with Gasteiger partial charge in [-0.3, -0.25) is 23.3 Å². The highest BCUT2D eigenvalue weighted by Crippen LogP contribution is 2.54. The molecule has 21 nitrogen and oxygen atoms in total. The van der Waals surface area contributed by atoms with Crippen molar-refractivity contribution in [2.45, 2.75) is 49.2 Å². The molecule has 0 spiro atoms. The van der Waals surface area contributed by atoms with Crippen LogP contribution in [0.15, 0.2) is 17.1 Å². The Balaban J connectivity index is 1.21. The number of alkyl halides is 2. The van der Waals surface area contributed by atoms with E-state index < -0.39 is 82.5 Å². The molecule has 4 aromatic heterocycles. The van der Waals surface area contributed by atoms with Crippen molar-refractivity contribution in [3.05, 3.63) is 22.6 Å². The molecular formula is C19H21F2N11O10P2S. The molecule has 7 rings (SSSR count). The molecule has 3 saturated heterocycles. The van der Waals surface area contributed by atoms with E-state index >= 15 is 8.78 Å². The van der Waals surface area contributed by atoms with E-state index in [0.29, 0.717) is 0 Å². The summed E-state index contributed by atoms with van der Waals surface area (Å²) in [4.78, 5) is 43.9. The van der Waals surface area contributed by atoms with Gasteiger partial charge in [0.1, 0.15) is 24.4 Å². The Labute approximate surface area is 252 Å². The number of aromatic amines is 1. The maximum absolute atomic E-state index is 15.9. The molecule has 7 heterocycles. The molecule has 0 aliphatic carbocycles. The second-order valence-corrected chi connectivity index (χ2v) is 14.1. The van der Waals surface area contributed by atoms with Crippen LogP contribution < -0.4 is 17.0 Å². The van der Waals surface area contributed by atoms with Gasteiger partial charge in [0.25, 0.3) is 5.56 Å². The van der Waals surface area contributed by atoms with E-state index in [9.17, 15) is 19.1 Å².